The highest BCUT2D eigenvalue weighted by molar-refractivity contribution is 6.31. The summed E-state index contributed by atoms with van der Waals surface area (Å²) in [5, 5.41) is 0.714. The van der Waals surface area contributed by atoms with Crippen molar-refractivity contribution in [2.45, 2.75) is 19.6 Å². The molecule has 0 bridgehead atoms. The summed E-state index contributed by atoms with van der Waals surface area (Å²) in [6.45, 7) is 1.49. The molecule has 0 unspecified atom stereocenters. The van der Waals surface area contributed by atoms with E-state index in [0.29, 0.717) is 30.2 Å². The molecule has 0 radical (unpaired) electrons. The number of hydrogen-bond donors (Lipinski definition) is 0. The van der Waals surface area contributed by atoms with Gasteiger partial charge >= 0.3 is 0 Å². The zero-order valence-corrected chi connectivity index (χ0v) is 17.7. The predicted molar refractivity (Wildman–Crippen MR) is 121 cm³/mol. The summed E-state index contributed by atoms with van der Waals surface area (Å²) in [5.41, 5.74) is 3.50. The summed E-state index contributed by atoms with van der Waals surface area (Å²) in [7, 11) is 0. The van der Waals surface area contributed by atoms with Crippen LogP contribution in [-0.2, 0) is 19.6 Å². The Kier molecular flexibility index (Phi) is 6.48. The van der Waals surface area contributed by atoms with Crippen molar-refractivity contribution < 1.29 is 9.18 Å². The second-order valence-electron chi connectivity index (χ2n) is 7.37. The Labute approximate surface area is 186 Å². The third kappa shape index (κ3) is 5.22. The predicted octanol–water partition coefficient (Wildman–Crippen LogP) is 6.17. The summed E-state index contributed by atoms with van der Waals surface area (Å²) in [6.07, 6.45) is 1.99. The average Bonchev–Trinajstić information content (AvgIpc) is 3.22. The lowest BCUT2D eigenvalue weighted by molar-refractivity contribution is 0.0726. The zero-order valence-electron chi connectivity index (χ0n) is 16.9. The minimum Gasteiger partial charge on any atom is -0.345 e. The van der Waals surface area contributed by atoms with Crippen molar-refractivity contribution in [1.29, 1.82) is 0 Å². The molecule has 5 heteroatoms. The molecule has 3 aromatic carbocycles. The standard InChI is InChI=1S/C26H22ClFN2O/c27-25-11-5-4-9-22(25)18-29-16-6-10-24(29)19-30(17-20-7-2-1-3-8-20)26(31)21-12-14-23(28)15-13-21/h1-16H,17-19H2. The fourth-order valence-electron chi connectivity index (χ4n) is 3.53. The summed E-state index contributed by atoms with van der Waals surface area (Å²) in [5.74, 6) is -0.505. The van der Waals surface area contributed by atoms with Crippen LogP contribution < -0.4 is 0 Å². The largest absolute Gasteiger partial charge is 0.345 e. The first kappa shape index (κ1) is 20.9. The number of amides is 1. The molecule has 1 heterocycles. The van der Waals surface area contributed by atoms with Gasteiger partial charge in [0.1, 0.15) is 5.82 Å². The number of hydrogen-bond acceptors (Lipinski definition) is 1. The Morgan fingerprint density at radius 1 is 0.839 bits per heavy atom. The Bertz CT molecular complexity index is 1160. The second kappa shape index (κ2) is 9.63. The zero-order chi connectivity index (χ0) is 21.6. The maximum atomic E-state index is 13.4. The van der Waals surface area contributed by atoms with E-state index in [1.165, 1.54) is 24.3 Å². The van der Waals surface area contributed by atoms with Gasteiger partial charge in [0.25, 0.3) is 5.91 Å². The molecule has 3 nitrogen and oxygen atoms in total. The molecule has 0 atom stereocenters. The van der Waals surface area contributed by atoms with Crippen molar-refractivity contribution in [3.63, 3.8) is 0 Å². The van der Waals surface area contributed by atoms with Crippen LogP contribution in [0.3, 0.4) is 0 Å². The van der Waals surface area contributed by atoms with E-state index >= 15 is 0 Å². The quantitative estimate of drug-likeness (QED) is 0.342. The number of carbonyl (C=O) groups excluding carboxylic acids is 1. The Balaban J connectivity index is 1.61. The van der Waals surface area contributed by atoms with Crippen LogP contribution in [0.4, 0.5) is 4.39 Å². The first-order valence-corrected chi connectivity index (χ1v) is 10.4. The molecule has 0 aliphatic heterocycles. The molecule has 0 spiro atoms. The van der Waals surface area contributed by atoms with E-state index in [2.05, 4.69) is 4.57 Å². The van der Waals surface area contributed by atoms with Gasteiger partial charge in [-0.05, 0) is 53.6 Å². The van der Waals surface area contributed by atoms with Crippen LogP contribution in [0, 0.1) is 5.82 Å². The van der Waals surface area contributed by atoms with Gasteiger partial charge < -0.3 is 9.47 Å². The second-order valence-corrected chi connectivity index (χ2v) is 7.78. The van der Waals surface area contributed by atoms with Crippen molar-refractivity contribution in [3.8, 4) is 0 Å². The van der Waals surface area contributed by atoms with Gasteiger partial charge in [-0.25, -0.2) is 4.39 Å². The number of rotatable bonds is 7. The molecule has 4 rings (SSSR count). The Morgan fingerprint density at radius 2 is 1.55 bits per heavy atom. The van der Waals surface area contributed by atoms with Gasteiger partial charge in [0.15, 0.2) is 0 Å². The monoisotopic (exact) mass is 432 g/mol. The summed E-state index contributed by atoms with van der Waals surface area (Å²) >= 11 is 6.34. The molecule has 1 aromatic heterocycles. The smallest absolute Gasteiger partial charge is 0.254 e. The number of benzene rings is 3. The van der Waals surface area contributed by atoms with Gasteiger partial charge in [0.05, 0.1) is 6.54 Å². The third-order valence-electron chi connectivity index (χ3n) is 5.17. The molecule has 0 saturated heterocycles. The van der Waals surface area contributed by atoms with Crippen LogP contribution >= 0.6 is 11.6 Å². The number of nitrogens with zero attached hydrogens (tertiary/aromatic N) is 2. The van der Waals surface area contributed by atoms with E-state index in [4.69, 9.17) is 11.6 Å². The number of aromatic nitrogens is 1. The Hall–Kier alpha value is -3.37. The topological polar surface area (TPSA) is 25.2 Å². The summed E-state index contributed by atoms with van der Waals surface area (Å²) < 4.78 is 15.5. The fraction of sp³-hybridized carbons (Fsp3) is 0.115. The molecule has 0 aliphatic carbocycles. The average molecular weight is 433 g/mol. The maximum absolute atomic E-state index is 13.4. The van der Waals surface area contributed by atoms with Gasteiger partial charge in [0, 0.05) is 35.6 Å². The minimum absolute atomic E-state index is 0.144. The van der Waals surface area contributed by atoms with Crippen molar-refractivity contribution in [3.05, 3.63) is 130 Å². The van der Waals surface area contributed by atoms with E-state index in [1.54, 1.807) is 4.90 Å². The maximum Gasteiger partial charge on any atom is 0.254 e. The van der Waals surface area contributed by atoms with Crippen molar-refractivity contribution in [1.82, 2.24) is 9.47 Å². The SMILES string of the molecule is O=C(c1ccc(F)cc1)N(Cc1ccccc1)Cc1cccn1Cc1ccccc1Cl. The highest BCUT2D eigenvalue weighted by Crippen LogP contribution is 2.20. The van der Waals surface area contributed by atoms with Gasteiger partial charge in [-0.15, -0.1) is 0 Å². The molecule has 31 heavy (non-hydrogen) atoms. The van der Waals surface area contributed by atoms with E-state index < -0.39 is 0 Å². The number of carbonyl (C=O) groups is 1. The molecular formula is C26H22ClFN2O. The third-order valence-corrected chi connectivity index (χ3v) is 5.54. The molecule has 0 aliphatic rings. The minimum atomic E-state index is -0.361. The highest BCUT2D eigenvalue weighted by atomic mass is 35.5. The molecular weight excluding hydrogens is 411 g/mol. The van der Waals surface area contributed by atoms with Crippen LogP contribution in [0.15, 0.2) is 97.2 Å². The van der Waals surface area contributed by atoms with Crippen LogP contribution in [0.25, 0.3) is 0 Å². The van der Waals surface area contributed by atoms with Crippen LogP contribution in [0.1, 0.15) is 27.2 Å². The molecule has 0 fully saturated rings. The lowest BCUT2D eigenvalue weighted by atomic mass is 10.1. The molecule has 0 N–H and O–H groups in total. The first-order valence-electron chi connectivity index (χ1n) is 10.1. The first-order chi connectivity index (χ1) is 15.1. The van der Waals surface area contributed by atoms with E-state index in [0.717, 1.165) is 16.8 Å². The molecule has 156 valence electrons. The van der Waals surface area contributed by atoms with Crippen molar-refractivity contribution in [2.75, 3.05) is 0 Å². The Morgan fingerprint density at radius 3 is 2.29 bits per heavy atom. The lowest BCUT2D eigenvalue weighted by Gasteiger charge is -2.24. The van der Waals surface area contributed by atoms with Gasteiger partial charge in [-0.1, -0.05) is 60.1 Å². The highest BCUT2D eigenvalue weighted by Gasteiger charge is 2.18. The number of halogens is 2. The fourth-order valence-corrected chi connectivity index (χ4v) is 3.73. The lowest BCUT2D eigenvalue weighted by Crippen LogP contribution is -2.31. The van der Waals surface area contributed by atoms with E-state index in [9.17, 15) is 9.18 Å². The summed E-state index contributed by atoms with van der Waals surface area (Å²) in [6, 6.07) is 27.2. The van der Waals surface area contributed by atoms with Gasteiger partial charge in [0.2, 0.25) is 0 Å². The summed E-state index contributed by atoms with van der Waals surface area (Å²) in [4.78, 5) is 15.1. The molecule has 1 amide bonds. The van der Waals surface area contributed by atoms with E-state index in [-0.39, 0.29) is 11.7 Å². The molecule has 4 aromatic rings. The van der Waals surface area contributed by atoms with Crippen molar-refractivity contribution in [2.24, 2.45) is 0 Å². The van der Waals surface area contributed by atoms with Crippen molar-refractivity contribution >= 4 is 17.5 Å². The molecule has 0 saturated carbocycles. The van der Waals surface area contributed by atoms with Crippen LogP contribution in [0.2, 0.25) is 5.02 Å². The van der Waals surface area contributed by atoms with Crippen LogP contribution in [0.5, 0.6) is 0 Å². The van der Waals surface area contributed by atoms with Gasteiger partial charge in [-0.3, -0.25) is 4.79 Å². The van der Waals surface area contributed by atoms with E-state index in [1.807, 2.05) is 72.9 Å². The van der Waals surface area contributed by atoms with Crippen LogP contribution in [-0.4, -0.2) is 15.4 Å². The normalized spacial score (nSPS) is 10.8. The van der Waals surface area contributed by atoms with Gasteiger partial charge in [-0.2, -0.15) is 0 Å².